The van der Waals surface area contributed by atoms with Crippen molar-refractivity contribution in [3.8, 4) is 0 Å². The predicted octanol–water partition coefficient (Wildman–Crippen LogP) is 5.20. The molecule has 0 unspecified atom stereocenters. The third-order valence-electron chi connectivity index (χ3n) is 3.44. The van der Waals surface area contributed by atoms with E-state index in [1.165, 1.54) is 0 Å². The molecule has 0 aliphatic carbocycles. The van der Waals surface area contributed by atoms with E-state index in [9.17, 15) is 17.6 Å². The lowest BCUT2D eigenvalue weighted by Gasteiger charge is -2.21. The van der Waals surface area contributed by atoms with Crippen molar-refractivity contribution in [3.05, 3.63) is 34.9 Å². The Morgan fingerprint density at radius 1 is 0.952 bits per heavy atom. The number of hydrogen-bond donors (Lipinski definition) is 0. The summed E-state index contributed by atoms with van der Waals surface area (Å²) in [5.74, 6) is -6.10. The topological polar surface area (TPSA) is 9.23 Å². The van der Waals surface area contributed by atoms with E-state index in [0.29, 0.717) is 13.0 Å². The fourth-order valence-corrected chi connectivity index (χ4v) is 4.34. The van der Waals surface area contributed by atoms with Crippen LogP contribution >= 0.6 is 0 Å². The first kappa shape index (κ1) is 18.2. The van der Waals surface area contributed by atoms with Gasteiger partial charge in [0.25, 0.3) is 0 Å². The number of benzene rings is 1. The van der Waals surface area contributed by atoms with Gasteiger partial charge in [0.1, 0.15) is 0 Å². The zero-order valence-corrected chi connectivity index (χ0v) is 13.7. The van der Waals surface area contributed by atoms with E-state index in [0.717, 1.165) is 25.0 Å². The Labute approximate surface area is 124 Å². The molecule has 0 aliphatic heterocycles. The lowest BCUT2D eigenvalue weighted by atomic mass is 10.1. The van der Waals surface area contributed by atoms with Crippen LogP contribution in [0.5, 0.6) is 0 Å². The number of halogens is 4. The molecular weight excluding hydrogens is 300 g/mol. The number of unbranched alkanes of at least 4 members (excludes halogenated alkanes) is 2. The van der Waals surface area contributed by atoms with Crippen molar-refractivity contribution in [3.63, 3.8) is 0 Å². The fourth-order valence-electron chi connectivity index (χ4n) is 2.31. The predicted molar refractivity (Wildman–Crippen MR) is 77.7 cm³/mol. The number of hydrogen-bond acceptors (Lipinski definition) is 1. The van der Waals surface area contributed by atoms with Crippen molar-refractivity contribution in [2.24, 2.45) is 0 Å². The molecule has 0 saturated carbocycles. The first-order chi connectivity index (χ1) is 9.78. The van der Waals surface area contributed by atoms with Gasteiger partial charge in [-0.15, -0.1) is 0 Å². The minimum Gasteiger partial charge on any atom is -0.418 e. The molecule has 21 heavy (non-hydrogen) atoms. The molecule has 0 N–H and O–H groups in total. The number of rotatable bonds is 8. The lowest BCUT2D eigenvalue weighted by Crippen LogP contribution is -2.29. The van der Waals surface area contributed by atoms with Crippen LogP contribution in [0.3, 0.4) is 0 Å². The van der Waals surface area contributed by atoms with Crippen molar-refractivity contribution >= 4 is 8.32 Å². The van der Waals surface area contributed by atoms with Crippen LogP contribution in [-0.2, 0) is 10.8 Å². The molecule has 0 amide bonds. The molecule has 0 heterocycles. The SMILES string of the molecule is CCO[Si](C)(C)CCCCCc1cc(F)c(F)c(F)c1F. The van der Waals surface area contributed by atoms with Gasteiger partial charge in [-0.05, 0) is 50.5 Å². The van der Waals surface area contributed by atoms with Gasteiger partial charge in [0.15, 0.2) is 31.6 Å². The molecule has 1 aromatic carbocycles. The van der Waals surface area contributed by atoms with Gasteiger partial charge >= 0.3 is 0 Å². The molecule has 1 nitrogen and oxygen atoms in total. The van der Waals surface area contributed by atoms with Crippen molar-refractivity contribution in [2.45, 2.75) is 51.7 Å². The van der Waals surface area contributed by atoms with Gasteiger partial charge in [0.05, 0.1) is 0 Å². The van der Waals surface area contributed by atoms with Gasteiger partial charge in [-0.3, -0.25) is 0 Å². The molecule has 0 radical (unpaired) electrons. The molecular formula is C15H22F4OSi. The van der Waals surface area contributed by atoms with Crippen LogP contribution in [0.1, 0.15) is 31.7 Å². The van der Waals surface area contributed by atoms with E-state index in [-0.39, 0.29) is 12.0 Å². The lowest BCUT2D eigenvalue weighted by molar-refractivity contribution is 0.327. The van der Waals surface area contributed by atoms with Crippen LogP contribution in [0.4, 0.5) is 17.6 Å². The van der Waals surface area contributed by atoms with Crippen molar-refractivity contribution in [1.82, 2.24) is 0 Å². The molecule has 0 bridgehead atoms. The largest absolute Gasteiger partial charge is 0.418 e. The summed E-state index contributed by atoms with van der Waals surface area (Å²) in [5.41, 5.74) is -0.104. The summed E-state index contributed by atoms with van der Waals surface area (Å²) in [6.45, 7) is 6.95. The molecule has 1 rings (SSSR count). The molecule has 0 atom stereocenters. The second kappa shape index (κ2) is 7.94. The van der Waals surface area contributed by atoms with Gasteiger partial charge in [0, 0.05) is 6.61 Å². The van der Waals surface area contributed by atoms with Crippen molar-refractivity contribution < 1.29 is 22.0 Å². The van der Waals surface area contributed by atoms with Gasteiger partial charge in [-0.2, -0.15) is 0 Å². The van der Waals surface area contributed by atoms with Gasteiger partial charge in [-0.1, -0.05) is 12.8 Å². The third-order valence-corrected chi connectivity index (χ3v) is 6.07. The highest BCUT2D eigenvalue weighted by Gasteiger charge is 2.21. The summed E-state index contributed by atoms with van der Waals surface area (Å²) in [6, 6.07) is 1.74. The molecule has 0 aromatic heterocycles. The van der Waals surface area contributed by atoms with E-state index in [2.05, 4.69) is 13.1 Å². The first-order valence-electron chi connectivity index (χ1n) is 7.24. The number of aryl methyl sites for hydroxylation is 1. The molecule has 0 fully saturated rings. The van der Waals surface area contributed by atoms with Crippen LogP contribution in [0.25, 0.3) is 0 Å². The zero-order chi connectivity index (χ0) is 16.0. The van der Waals surface area contributed by atoms with Crippen molar-refractivity contribution in [2.75, 3.05) is 6.61 Å². The molecule has 1 aromatic rings. The summed E-state index contributed by atoms with van der Waals surface area (Å²) < 4.78 is 58.1. The minimum atomic E-state index is -1.75. The Morgan fingerprint density at radius 2 is 1.62 bits per heavy atom. The van der Waals surface area contributed by atoms with E-state index in [1.54, 1.807) is 0 Å². The molecule has 6 heteroatoms. The monoisotopic (exact) mass is 322 g/mol. The van der Waals surface area contributed by atoms with Crippen molar-refractivity contribution in [1.29, 1.82) is 0 Å². The summed E-state index contributed by atoms with van der Waals surface area (Å²) in [4.78, 5) is 0. The minimum absolute atomic E-state index is 0.104. The smallest absolute Gasteiger partial charge is 0.197 e. The average molecular weight is 322 g/mol. The Bertz CT molecular complexity index is 477. The van der Waals surface area contributed by atoms with Crippen LogP contribution < -0.4 is 0 Å². The maximum absolute atomic E-state index is 13.4. The van der Waals surface area contributed by atoms with Crippen LogP contribution in [0.15, 0.2) is 6.07 Å². The second-order valence-electron chi connectivity index (χ2n) is 5.71. The zero-order valence-electron chi connectivity index (χ0n) is 12.7. The van der Waals surface area contributed by atoms with E-state index in [1.807, 2.05) is 6.92 Å². The van der Waals surface area contributed by atoms with Gasteiger partial charge in [-0.25, -0.2) is 17.6 Å². The summed E-state index contributed by atoms with van der Waals surface area (Å²) in [5, 5.41) is 0. The maximum Gasteiger partial charge on any atom is 0.197 e. The summed E-state index contributed by atoms with van der Waals surface area (Å²) >= 11 is 0. The first-order valence-corrected chi connectivity index (χ1v) is 10.4. The standard InChI is InChI=1S/C15H22F4OSi/c1-4-20-21(2,3)9-7-5-6-8-11-10-12(16)14(18)15(19)13(11)17/h10H,4-9H2,1-3H3. The van der Waals surface area contributed by atoms with Crippen LogP contribution in [0.2, 0.25) is 19.1 Å². The molecule has 120 valence electrons. The summed E-state index contributed by atoms with van der Waals surface area (Å²) in [6.07, 6.45) is 2.57. The second-order valence-corrected chi connectivity index (χ2v) is 10.0. The van der Waals surface area contributed by atoms with E-state index in [4.69, 9.17) is 4.43 Å². The van der Waals surface area contributed by atoms with Gasteiger partial charge in [0.2, 0.25) is 0 Å². The fraction of sp³-hybridized carbons (Fsp3) is 0.600. The van der Waals surface area contributed by atoms with E-state index < -0.39 is 31.6 Å². The van der Waals surface area contributed by atoms with E-state index >= 15 is 0 Å². The van der Waals surface area contributed by atoms with Crippen LogP contribution in [-0.4, -0.2) is 14.9 Å². The maximum atomic E-state index is 13.4. The Hall–Kier alpha value is -0.883. The Kier molecular flexibility index (Phi) is 6.87. The molecule has 0 spiro atoms. The molecule has 0 aliphatic rings. The van der Waals surface area contributed by atoms with Gasteiger partial charge < -0.3 is 4.43 Å². The summed E-state index contributed by atoms with van der Waals surface area (Å²) in [7, 11) is -1.61. The highest BCUT2D eigenvalue weighted by molar-refractivity contribution is 6.71. The Morgan fingerprint density at radius 3 is 2.24 bits per heavy atom. The quantitative estimate of drug-likeness (QED) is 0.210. The average Bonchev–Trinajstić information content (AvgIpc) is 2.41. The highest BCUT2D eigenvalue weighted by atomic mass is 28.4. The molecule has 0 saturated heterocycles. The van der Waals surface area contributed by atoms with Crippen LogP contribution in [0, 0.1) is 23.3 Å². The highest BCUT2D eigenvalue weighted by Crippen LogP contribution is 2.21. The normalized spacial score (nSPS) is 12.0. The third kappa shape index (κ3) is 5.43. The Balaban J connectivity index is 2.44.